The third kappa shape index (κ3) is 3.48. The third-order valence-electron chi connectivity index (χ3n) is 4.59. The normalized spacial score (nSPS) is 20.8. The Bertz CT molecular complexity index is 800. The first-order valence-electron chi connectivity index (χ1n) is 7.82. The monoisotopic (exact) mass is 361 g/mol. The second-order valence-corrected chi connectivity index (χ2v) is 7.69. The molecule has 0 radical (unpaired) electrons. The predicted molar refractivity (Wildman–Crippen MR) is 92.7 cm³/mol. The fraction of sp³-hybridized carbons (Fsp3) is 0.412. The molecular formula is C17H19N3O4S. The molecule has 0 bridgehead atoms. The first-order chi connectivity index (χ1) is 11.8. The first kappa shape index (κ1) is 17.3. The molecule has 1 aliphatic carbocycles. The zero-order valence-corrected chi connectivity index (χ0v) is 15.0. The number of hydrogen-bond acceptors (Lipinski definition) is 6. The van der Waals surface area contributed by atoms with Gasteiger partial charge in [-0.2, -0.15) is 0 Å². The number of carboxylic acids is 1. The lowest BCUT2D eigenvalue weighted by atomic mass is 10.1. The summed E-state index contributed by atoms with van der Waals surface area (Å²) in [4.78, 5) is 23.5. The maximum Gasteiger partial charge on any atom is 0.307 e. The molecule has 0 spiro atoms. The molecular weight excluding hydrogens is 342 g/mol. The number of carboxylic acid groups (broad SMARTS) is 1. The molecule has 0 unspecified atom stereocenters. The Kier molecular flexibility index (Phi) is 4.47. The number of carbonyl (C=O) groups excluding carboxylic acids is 1. The number of nitrogens with zero attached hydrogens (tertiary/aromatic N) is 2. The molecule has 0 saturated heterocycles. The van der Waals surface area contributed by atoms with Crippen LogP contribution >= 0.6 is 11.3 Å². The van der Waals surface area contributed by atoms with Crippen molar-refractivity contribution in [2.45, 2.75) is 20.3 Å². The van der Waals surface area contributed by atoms with Gasteiger partial charge in [-0.1, -0.05) is 37.3 Å². The van der Waals surface area contributed by atoms with Crippen molar-refractivity contribution >= 4 is 28.3 Å². The summed E-state index contributed by atoms with van der Waals surface area (Å²) >= 11 is 1.29. The van der Waals surface area contributed by atoms with Gasteiger partial charge in [-0.15, -0.1) is 10.2 Å². The van der Waals surface area contributed by atoms with Crippen molar-refractivity contribution in [1.82, 2.24) is 10.2 Å². The first-order valence-corrected chi connectivity index (χ1v) is 8.63. The number of aliphatic carboxylic acids is 1. The van der Waals surface area contributed by atoms with E-state index in [4.69, 9.17) is 9.84 Å². The average Bonchev–Trinajstić information content (AvgIpc) is 2.91. The molecule has 1 aliphatic rings. The number of rotatable bonds is 6. The quantitative estimate of drug-likeness (QED) is 0.819. The zero-order chi connectivity index (χ0) is 18.2. The molecule has 7 nitrogen and oxygen atoms in total. The molecule has 1 heterocycles. The van der Waals surface area contributed by atoms with Crippen molar-refractivity contribution in [1.29, 1.82) is 0 Å². The number of methoxy groups -OCH3 is 1. The van der Waals surface area contributed by atoms with Crippen LogP contribution in [0.2, 0.25) is 0 Å². The molecule has 1 aromatic heterocycles. The van der Waals surface area contributed by atoms with Crippen LogP contribution in [0.25, 0.3) is 0 Å². The number of anilines is 1. The highest BCUT2D eigenvalue weighted by Gasteiger charge is 2.66. The van der Waals surface area contributed by atoms with Gasteiger partial charge in [0.2, 0.25) is 11.0 Å². The molecule has 2 aromatic rings. The zero-order valence-electron chi connectivity index (χ0n) is 14.1. The Labute approximate surface area is 149 Å². The Morgan fingerprint density at radius 1 is 1.24 bits per heavy atom. The topological polar surface area (TPSA) is 101 Å². The highest BCUT2D eigenvalue weighted by atomic mass is 32.1. The van der Waals surface area contributed by atoms with E-state index in [1.807, 2.05) is 24.3 Å². The summed E-state index contributed by atoms with van der Waals surface area (Å²) in [5, 5.41) is 21.1. The number of carbonyl (C=O) groups is 2. The SMILES string of the molecule is COc1ccc(Cc2nnc(NC(=O)[C@H]3[C@@H](C(=O)O)C3(C)C)s2)cc1. The smallest absolute Gasteiger partial charge is 0.307 e. The van der Waals surface area contributed by atoms with Crippen LogP contribution in [-0.4, -0.2) is 34.3 Å². The van der Waals surface area contributed by atoms with Crippen molar-refractivity contribution in [2.75, 3.05) is 12.4 Å². The van der Waals surface area contributed by atoms with E-state index in [1.165, 1.54) is 11.3 Å². The van der Waals surface area contributed by atoms with Crippen LogP contribution < -0.4 is 10.1 Å². The van der Waals surface area contributed by atoms with Gasteiger partial charge in [0, 0.05) is 6.42 Å². The Hall–Kier alpha value is -2.48. The lowest BCUT2D eigenvalue weighted by Crippen LogP contribution is -2.17. The van der Waals surface area contributed by atoms with Gasteiger partial charge < -0.3 is 15.2 Å². The highest BCUT2D eigenvalue weighted by Crippen LogP contribution is 2.58. The molecule has 0 aliphatic heterocycles. The standard InChI is InChI=1S/C17H19N3O4S/c1-17(2)12(13(17)15(22)23)14(21)18-16-20-19-11(25-16)8-9-4-6-10(24-3)7-5-9/h4-7,12-13H,8H2,1-3H3,(H,22,23)(H,18,20,21)/t12-,13+/m1/s1. The molecule has 3 rings (SSSR count). The predicted octanol–water partition coefficient (Wildman–Crippen LogP) is 2.43. The van der Waals surface area contributed by atoms with Crippen molar-refractivity contribution < 1.29 is 19.4 Å². The fourth-order valence-corrected chi connectivity index (χ4v) is 3.84. The van der Waals surface area contributed by atoms with Crippen LogP contribution in [0.15, 0.2) is 24.3 Å². The van der Waals surface area contributed by atoms with E-state index in [2.05, 4.69) is 15.5 Å². The third-order valence-corrected chi connectivity index (χ3v) is 5.43. The number of hydrogen-bond donors (Lipinski definition) is 2. The molecule has 2 atom stereocenters. The van der Waals surface area contributed by atoms with Gasteiger partial charge in [0.1, 0.15) is 10.8 Å². The molecule has 132 valence electrons. The van der Waals surface area contributed by atoms with Gasteiger partial charge in [0.05, 0.1) is 18.9 Å². The molecule has 2 N–H and O–H groups in total. The number of nitrogens with one attached hydrogen (secondary N) is 1. The van der Waals surface area contributed by atoms with Crippen molar-refractivity contribution in [2.24, 2.45) is 17.3 Å². The Morgan fingerprint density at radius 3 is 2.48 bits per heavy atom. The van der Waals surface area contributed by atoms with E-state index >= 15 is 0 Å². The van der Waals surface area contributed by atoms with Crippen LogP contribution in [0.4, 0.5) is 5.13 Å². The van der Waals surface area contributed by atoms with Gasteiger partial charge in [-0.25, -0.2) is 0 Å². The number of benzene rings is 1. The average molecular weight is 361 g/mol. The summed E-state index contributed by atoms with van der Waals surface area (Å²) in [6, 6.07) is 7.64. The lowest BCUT2D eigenvalue weighted by Gasteiger charge is -2.02. The minimum atomic E-state index is -0.942. The molecule has 1 aromatic carbocycles. The van der Waals surface area contributed by atoms with Crippen molar-refractivity contribution in [3.8, 4) is 5.75 Å². The minimum Gasteiger partial charge on any atom is -0.497 e. The van der Waals surface area contributed by atoms with Gasteiger partial charge >= 0.3 is 5.97 Å². The number of ether oxygens (including phenoxy) is 1. The van der Waals surface area contributed by atoms with Crippen LogP contribution in [0.3, 0.4) is 0 Å². The van der Waals surface area contributed by atoms with Gasteiger partial charge in [-0.05, 0) is 23.1 Å². The number of amides is 1. The van der Waals surface area contributed by atoms with Crippen LogP contribution in [-0.2, 0) is 16.0 Å². The van der Waals surface area contributed by atoms with E-state index in [9.17, 15) is 9.59 Å². The van der Waals surface area contributed by atoms with E-state index in [0.717, 1.165) is 16.3 Å². The minimum absolute atomic E-state index is 0.315. The lowest BCUT2D eigenvalue weighted by molar-refractivity contribution is -0.140. The second-order valence-electron chi connectivity index (χ2n) is 6.63. The fourth-order valence-electron chi connectivity index (χ4n) is 3.06. The maximum absolute atomic E-state index is 12.3. The van der Waals surface area contributed by atoms with Crippen molar-refractivity contribution in [3.63, 3.8) is 0 Å². The van der Waals surface area contributed by atoms with Crippen molar-refractivity contribution in [3.05, 3.63) is 34.8 Å². The van der Waals surface area contributed by atoms with Gasteiger partial charge in [0.25, 0.3) is 0 Å². The summed E-state index contributed by atoms with van der Waals surface area (Å²) in [6.07, 6.45) is 0.601. The highest BCUT2D eigenvalue weighted by molar-refractivity contribution is 7.15. The van der Waals surface area contributed by atoms with E-state index in [-0.39, 0.29) is 5.91 Å². The van der Waals surface area contributed by atoms with Crippen LogP contribution in [0.1, 0.15) is 24.4 Å². The van der Waals surface area contributed by atoms with E-state index < -0.39 is 23.2 Å². The molecule has 25 heavy (non-hydrogen) atoms. The van der Waals surface area contributed by atoms with Gasteiger partial charge in [0.15, 0.2) is 0 Å². The summed E-state index contributed by atoms with van der Waals surface area (Å²) in [5.74, 6) is -1.67. The Balaban J connectivity index is 1.62. The summed E-state index contributed by atoms with van der Waals surface area (Å²) in [7, 11) is 1.62. The summed E-state index contributed by atoms with van der Waals surface area (Å²) in [6.45, 7) is 3.57. The van der Waals surface area contributed by atoms with E-state index in [0.29, 0.717) is 11.6 Å². The number of aromatic nitrogens is 2. The summed E-state index contributed by atoms with van der Waals surface area (Å²) in [5.41, 5.74) is 0.524. The summed E-state index contributed by atoms with van der Waals surface area (Å²) < 4.78 is 5.12. The Morgan fingerprint density at radius 2 is 1.92 bits per heavy atom. The molecule has 8 heteroatoms. The van der Waals surface area contributed by atoms with Crippen LogP contribution in [0.5, 0.6) is 5.75 Å². The molecule has 1 saturated carbocycles. The van der Waals surface area contributed by atoms with E-state index in [1.54, 1.807) is 21.0 Å². The second kappa shape index (κ2) is 6.44. The molecule has 1 fully saturated rings. The maximum atomic E-state index is 12.3. The van der Waals surface area contributed by atoms with Gasteiger partial charge in [-0.3, -0.25) is 9.59 Å². The largest absolute Gasteiger partial charge is 0.497 e. The molecule has 1 amide bonds. The van der Waals surface area contributed by atoms with Crippen LogP contribution in [0, 0.1) is 17.3 Å².